The number of hydrogen-bond acceptors (Lipinski definition) is 5. The third-order valence-corrected chi connectivity index (χ3v) is 5.21. The van der Waals surface area contributed by atoms with Crippen LogP contribution in [0, 0.1) is 13.8 Å². The lowest BCUT2D eigenvalue weighted by Gasteiger charge is -2.38. The Hall–Kier alpha value is -1.95. The van der Waals surface area contributed by atoms with Gasteiger partial charge in [-0.3, -0.25) is 4.98 Å². The number of nitrogens with zero attached hydrogens (tertiary/aromatic N) is 4. The minimum Gasteiger partial charge on any atom is -0.375 e. The fourth-order valence-corrected chi connectivity index (χ4v) is 4.12. The van der Waals surface area contributed by atoms with Crippen molar-refractivity contribution in [3.8, 4) is 5.82 Å². The molecule has 0 amide bonds. The zero-order valence-corrected chi connectivity index (χ0v) is 14.5. The third-order valence-electron chi connectivity index (χ3n) is 5.21. The van der Waals surface area contributed by atoms with Crippen molar-refractivity contribution in [2.75, 3.05) is 11.9 Å². The van der Waals surface area contributed by atoms with Gasteiger partial charge in [0.15, 0.2) is 5.82 Å². The van der Waals surface area contributed by atoms with E-state index in [9.17, 15) is 0 Å². The maximum absolute atomic E-state index is 6.12. The lowest BCUT2D eigenvalue weighted by molar-refractivity contribution is -0.0767. The number of ether oxygens (including phenoxy) is 1. The smallest absolute Gasteiger partial charge is 0.174 e. The van der Waals surface area contributed by atoms with Crippen LogP contribution in [-0.4, -0.2) is 38.0 Å². The summed E-state index contributed by atoms with van der Waals surface area (Å²) in [5.41, 5.74) is 2.16. The molecule has 1 spiro atoms. The Bertz CT molecular complexity index is 720. The number of aromatic nitrogens is 4. The van der Waals surface area contributed by atoms with Crippen LogP contribution in [0.4, 0.5) is 5.82 Å². The van der Waals surface area contributed by atoms with Crippen molar-refractivity contribution in [2.24, 2.45) is 0 Å². The second-order valence-corrected chi connectivity index (χ2v) is 7.17. The van der Waals surface area contributed by atoms with Crippen molar-refractivity contribution < 1.29 is 4.74 Å². The molecule has 2 aliphatic rings. The number of rotatable bonds is 3. The summed E-state index contributed by atoms with van der Waals surface area (Å²) >= 11 is 0. The van der Waals surface area contributed by atoms with E-state index in [1.165, 1.54) is 25.7 Å². The van der Waals surface area contributed by atoms with Gasteiger partial charge in [-0.25, -0.2) is 9.67 Å². The minimum atomic E-state index is 0.108. The van der Waals surface area contributed by atoms with Crippen molar-refractivity contribution in [2.45, 2.75) is 64.0 Å². The molecule has 1 saturated heterocycles. The summed E-state index contributed by atoms with van der Waals surface area (Å²) in [6.07, 6.45) is 10.6. The van der Waals surface area contributed by atoms with E-state index in [0.717, 1.165) is 42.5 Å². The first-order valence-electron chi connectivity index (χ1n) is 8.90. The normalized spacial score (nSPS) is 22.8. The molecule has 3 heterocycles. The van der Waals surface area contributed by atoms with Crippen LogP contribution in [0.25, 0.3) is 5.82 Å². The van der Waals surface area contributed by atoms with Gasteiger partial charge in [0.25, 0.3) is 0 Å². The van der Waals surface area contributed by atoms with Crippen molar-refractivity contribution >= 4 is 5.82 Å². The van der Waals surface area contributed by atoms with Crippen molar-refractivity contribution in [3.05, 3.63) is 29.8 Å². The molecule has 2 aromatic heterocycles. The molecule has 1 atom stereocenters. The molecule has 0 radical (unpaired) electrons. The van der Waals surface area contributed by atoms with E-state index in [1.54, 1.807) is 12.4 Å². The highest BCUT2D eigenvalue weighted by molar-refractivity contribution is 5.37. The molecule has 4 rings (SSSR count). The van der Waals surface area contributed by atoms with E-state index >= 15 is 0 Å². The van der Waals surface area contributed by atoms with Gasteiger partial charge in [0.2, 0.25) is 0 Å². The van der Waals surface area contributed by atoms with Gasteiger partial charge in [0.1, 0.15) is 5.82 Å². The molecular weight excluding hydrogens is 302 g/mol. The largest absolute Gasteiger partial charge is 0.375 e. The van der Waals surface area contributed by atoms with E-state index in [1.807, 2.05) is 24.6 Å². The van der Waals surface area contributed by atoms with E-state index in [-0.39, 0.29) is 5.60 Å². The van der Waals surface area contributed by atoms with Gasteiger partial charge in [-0.15, -0.1) is 0 Å². The first-order chi connectivity index (χ1) is 11.6. The summed E-state index contributed by atoms with van der Waals surface area (Å²) in [6.45, 7) is 4.86. The van der Waals surface area contributed by atoms with Crippen molar-refractivity contribution in [1.82, 2.24) is 19.7 Å². The third kappa shape index (κ3) is 3.02. The van der Waals surface area contributed by atoms with Crippen molar-refractivity contribution in [1.29, 1.82) is 0 Å². The van der Waals surface area contributed by atoms with Gasteiger partial charge in [-0.2, -0.15) is 5.10 Å². The van der Waals surface area contributed by atoms with Crippen LogP contribution in [0.3, 0.4) is 0 Å². The van der Waals surface area contributed by atoms with E-state index in [2.05, 4.69) is 15.4 Å². The van der Waals surface area contributed by atoms with Gasteiger partial charge in [0.05, 0.1) is 23.7 Å². The molecule has 0 aromatic carbocycles. The second kappa shape index (κ2) is 6.16. The Labute approximate surface area is 142 Å². The van der Waals surface area contributed by atoms with Crippen LogP contribution >= 0.6 is 0 Å². The van der Waals surface area contributed by atoms with Gasteiger partial charge in [0, 0.05) is 18.3 Å². The molecule has 1 saturated carbocycles. The Morgan fingerprint density at radius 2 is 2.08 bits per heavy atom. The first kappa shape index (κ1) is 15.6. The molecule has 2 aromatic rings. The Morgan fingerprint density at radius 1 is 1.25 bits per heavy atom. The van der Waals surface area contributed by atoms with Crippen LogP contribution in [0.1, 0.15) is 49.9 Å². The molecule has 6 nitrogen and oxygen atoms in total. The molecule has 1 aliphatic carbocycles. The van der Waals surface area contributed by atoms with E-state index < -0.39 is 0 Å². The fraction of sp³-hybridized carbons (Fsp3) is 0.611. The first-order valence-corrected chi connectivity index (χ1v) is 8.90. The molecular formula is C18H25N5O. The monoisotopic (exact) mass is 327 g/mol. The molecule has 6 heteroatoms. The molecule has 24 heavy (non-hydrogen) atoms. The summed E-state index contributed by atoms with van der Waals surface area (Å²) in [6, 6.07) is 2.45. The lowest BCUT2D eigenvalue weighted by Crippen LogP contribution is -2.42. The lowest BCUT2D eigenvalue weighted by atomic mass is 9.89. The highest BCUT2D eigenvalue weighted by Crippen LogP contribution is 2.40. The Balaban J connectivity index is 1.51. The average Bonchev–Trinajstić information content (AvgIpc) is 3.14. The molecule has 1 aliphatic heterocycles. The highest BCUT2D eigenvalue weighted by Gasteiger charge is 2.39. The number of nitrogens with one attached hydrogen (secondary N) is 1. The zero-order valence-electron chi connectivity index (χ0n) is 14.5. The SMILES string of the molecule is Cc1cc(C)n(-c2cncc(N[C@H]3CCOC4(CCCC4)C3)n2)n1. The summed E-state index contributed by atoms with van der Waals surface area (Å²) in [5.74, 6) is 1.58. The number of anilines is 1. The molecule has 0 bridgehead atoms. The maximum atomic E-state index is 6.12. The predicted octanol–water partition coefficient (Wildman–Crippen LogP) is 3.18. The average molecular weight is 327 g/mol. The van der Waals surface area contributed by atoms with E-state index in [0.29, 0.717) is 6.04 Å². The van der Waals surface area contributed by atoms with Crippen LogP contribution in [0.15, 0.2) is 18.5 Å². The fourth-order valence-electron chi connectivity index (χ4n) is 4.12. The summed E-state index contributed by atoms with van der Waals surface area (Å²) < 4.78 is 7.96. The van der Waals surface area contributed by atoms with Gasteiger partial charge >= 0.3 is 0 Å². The maximum Gasteiger partial charge on any atom is 0.174 e. The summed E-state index contributed by atoms with van der Waals surface area (Å²) in [4.78, 5) is 9.06. The molecule has 0 unspecified atom stereocenters. The zero-order chi connectivity index (χ0) is 16.6. The second-order valence-electron chi connectivity index (χ2n) is 7.17. The van der Waals surface area contributed by atoms with Gasteiger partial charge < -0.3 is 10.1 Å². The standard InChI is InChI=1S/C18H25N5O/c1-13-9-14(2)23(22-13)17-12-19-11-16(21-17)20-15-5-8-24-18(10-15)6-3-4-7-18/h9,11-12,15H,3-8,10H2,1-2H3,(H,20,21)/t15-/m0/s1. The molecule has 2 fully saturated rings. The van der Waals surface area contributed by atoms with E-state index in [4.69, 9.17) is 9.72 Å². The van der Waals surface area contributed by atoms with Gasteiger partial charge in [-0.05, 0) is 45.6 Å². The van der Waals surface area contributed by atoms with Crippen LogP contribution in [0.5, 0.6) is 0 Å². The minimum absolute atomic E-state index is 0.108. The van der Waals surface area contributed by atoms with Crippen molar-refractivity contribution in [3.63, 3.8) is 0 Å². The highest BCUT2D eigenvalue weighted by atomic mass is 16.5. The predicted molar refractivity (Wildman–Crippen MR) is 92.4 cm³/mol. The molecule has 128 valence electrons. The Kier molecular flexibility index (Phi) is 4.00. The number of aryl methyl sites for hydroxylation is 2. The number of hydrogen-bond donors (Lipinski definition) is 1. The van der Waals surface area contributed by atoms with Crippen LogP contribution < -0.4 is 5.32 Å². The van der Waals surface area contributed by atoms with Crippen LogP contribution in [-0.2, 0) is 4.74 Å². The quantitative estimate of drug-likeness (QED) is 0.938. The Morgan fingerprint density at radius 3 is 2.83 bits per heavy atom. The summed E-state index contributed by atoms with van der Waals surface area (Å²) in [7, 11) is 0. The summed E-state index contributed by atoms with van der Waals surface area (Å²) in [5, 5.41) is 8.07. The topological polar surface area (TPSA) is 64.9 Å². The van der Waals surface area contributed by atoms with Crippen LogP contribution in [0.2, 0.25) is 0 Å². The van der Waals surface area contributed by atoms with Gasteiger partial charge in [-0.1, -0.05) is 12.8 Å². The molecule has 1 N–H and O–H groups in total.